The molecule has 1 aromatic carbocycles. The number of nitriles is 1. The highest BCUT2D eigenvalue weighted by Gasteiger charge is 2.36. The predicted octanol–water partition coefficient (Wildman–Crippen LogP) is 3.81. The maximum Gasteiger partial charge on any atom is 0.320 e. The number of rotatable bonds is 3. The molecular weight excluding hydrogens is 269 g/mol. The van der Waals surface area contributed by atoms with Gasteiger partial charge in [-0.05, 0) is 55.9 Å². The zero-order valence-electron chi connectivity index (χ0n) is 12.2. The van der Waals surface area contributed by atoms with E-state index in [-0.39, 0.29) is 5.82 Å². The lowest BCUT2D eigenvalue weighted by molar-refractivity contribution is 0.216. The Kier molecular flexibility index (Phi) is 4.79. The van der Waals surface area contributed by atoms with Gasteiger partial charge in [0, 0.05) is 5.69 Å². The third-order valence-electron chi connectivity index (χ3n) is 4.20. The minimum absolute atomic E-state index is 0.354. The molecule has 2 amide bonds. The van der Waals surface area contributed by atoms with Crippen molar-refractivity contribution in [2.24, 2.45) is 5.92 Å². The van der Waals surface area contributed by atoms with Crippen LogP contribution in [-0.2, 0) is 0 Å². The molecule has 1 aliphatic carbocycles. The average Bonchev–Trinajstić information content (AvgIpc) is 2.50. The van der Waals surface area contributed by atoms with Gasteiger partial charge in [-0.2, -0.15) is 5.26 Å². The van der Waals surface area contributed by atoms with Crippen LogP contribution in [0.3, 0.4) is 0 Å². The molecule has 112 valence electrons. The number of hydrogen-bond donors (Lipinski definition) is 2. The lowest BCUT2D eigenvalue weighted by Crippen LogP contribution is -2.51. The fourth-order valence-electron chi connectivity index (χ4n) is 2.76. The fourth-order valence-corrected chi connectivity index (χ4v) is 2.76. The molecule has 5 heteroatoms. The smallest absolute Gasteiger partial charge is 0.319 e. The van der Waals surface area contributed by atoms with E-state index in [9.17, 15) is 14.4 Å². The highest BCUT2D eigenvalue weighted by Crippen LogP contribution is 2.33. The van der Waals surface area contributed by atoms with Crippen molar-refractivity contribution in [1.82, 2.24) is 5.32 Å². The zero-order valence-corrected chi connectivity index (χ0v) is 12.2. The van der Waals surface area contributed by atoms with E-state index in [0.29, 0.717) is 24.4 Å². The van der Waals surface area contributed by atoms with Crippen LogP contribution in [0.5, 0.6) is 0 Å². The normalized spacial score (nSPS) is 24.9. The first-order valence-electron chi connectivity index (χ1n) is 7.33. The molecule has 1 aliphatic rings. The zero-order chi connectivity index (χ0) is 15.3. The Labute approximate surface area is 124 Å². The van der Waals surface area contributed by atoms with Crippen LogP contribution in [-0.4, -0.2) is 11.6 Å². The second-order valence-electron chi connectivity index (χ2n) is 5.63. The molecule has 0 saturated heterocycles. The second-order valence-corrected chi connectivity index (χ2v) is 5.63. The van der Waals surface area contributed by atoms with Gasteiger partial charge in [-0.25, -0.2) is 9.18 Å². The Balaban J connectivity index is 1.94. The molecule has 4 nitrogen and oxygen atoms in total. The standard InChI is InChI=1S/C16H20FN3O/c1-2-12-7-9-16(11-18,10-8-12)20-15(21)19-14-5-3-13(17)4-6-14/h3-6,12H,2,7-10H2,1H3,(H2,19,20,21). The van der Waals surface area contributed by atoms with Crippen LogP contribution >= 0.6 is 0 Å². The van der Waals surface area contributed by atoms with Gasteiger partial charge in [0.1, 0.15) is 11.4 Å². The van der Waals surface area contributed by atoms with E-state index < -0.39 is 11.6 Å². The first kappa shape index (κ1) is 15.3. The summed E-state index contributed by atoms with van der Waals surface area (Å²) in [5.41, 5.74) is -0.278. The van der Waals surface area contributed by atoms with E-state index in [1.165, 1.54) is 24.3 Å². The van der Waals surface area contributed by atoms with Gasteiger partial charge in [-0.15, -0.1) is 0 Å². The van der Waals surface area contributed by atoms with Crippen LogP contribution < -0.4 is 10.6 Å². The summed E-state index contributed by atoms with van der Waals surface area (Å²) in [5, 5.41) is 14.8. The summed E-state index contributed by atoms with van der Waals surface area (Å²) in [7, 11) is 0. The predicted molar refractivity (Wildman–Crippen MR) is 79.1 cm³/mol. The number of urea groups is 1. The van der Waals surface area contributed by atoms with Crippen molar-refractivity contribution in [3.63, 3.8) is 0 Å². The van der Waals surface area contributed by atoms with Crippen LogP contribution in [0.1, 0.15) is 39.0 Å². The van der Waals surface area contributed by atoms with Gasteiger partial charge in [0.05, 0.1) is 6.07 Å². The number of carbonyl (C=O) groups excluding carboxylic acids is 1. The van der Waals surface area contributed by atoms with E-state index in [2.05, 4.69) is 23.6 Å². The molecule has 1 saturated carbocycles. The molecule has 0 bridgehead atoms. The number of amides is 2. The third-order valence-corrected chi connectivity index (χ3v) is 4.20. The van der Waals surface area contributed by atoms with Crippen molar-refractivity contribution in [2.45, 2.75) is 44.6 Å². The molecule has 0 heterocycles. The van der Waals surface area contributed by atoms with Crippen LogP contribution in [0.4, 0.5) is 14.9 Å². The van der Waals surface area contributed by atoms with Crippen molar-refractivity contribution < 1.29 is 9.18 Å². The molecule has 0 unspecified atom stereocenters. The van der Waals surface area contributed by atoms with Gasteiger partial charge >= 0.3 is 6.03 Å². The Morgan fingerprint density at radius 3 is 2.52 bits per heavy atom. The summed E-state index contributed by atoms with van der Waals surface area (Å²) in [6.45, 7) is 2.15. The SMILES string of the molecule is CCC1CCC(C#N)(NC(=O)Nc2ccc(F)cc2)CC1. The summed E-state index contributed by atoms with van der Waals surface area (Å²) in [5.74, 6) is 0.292. The Morgan fingerprint density at radius 1 is 1.38 bits per heavy atom. The molecule has 2 N–H and O–H groups in total. The number of halogens is 1. The molecule has 0 atom stereocenters. The van der Waals surface area contributed by atoms with E-state index in [1.807, 2.05) is 0 Å². The maximum absolute atomic E-state index is 12.8. The van der Waals surface area contributed by atoms with Crippen LogP contribution in [0.25, 0.3) is 0 Å². The Hall–Kier alpha value is -2.09. The lowest BCUT2D eigenvalue weighted by atomic mass is 9.76. The largest absolute Gasteiger partial charge is 0.320 e. The van der Waals surface area contributed by atoms with Gasteiger partial charge in [-0.3, -0.25) is 0 Å². The first-order chi connectivity index (χ1) is 10.1. The first-order valence-corrected chi connectivity index (χ1v) is 7.33. The molecule has 1 aromatic rings. The molecule has 0 spiro atoms. The molecule has 0 aliphatic heterocycles. The van der Waals surface area contributed by atoms with Crippen molar-refractivity contribution >= 4 is 11.7 Å². The molecular formula is C16H20FN3O. The quantitative estimate of drug-likeness (QED) is 0.888. The minimum Gasteiger partial charge on any atom is -0.319 e. The number of benzene rings is 1. The fraction of sp³-hybridized carbons (Fsp3) is 0.500. The highest BCUT2D eigenvalue weighted by molar-refractivity contribution is 5.90. The second kappa shape index (κ2) is 6.57. The van der Waals surface area contributed by atoms with Gasteiger partial charge in [0.2, 0.25) is 0 Å². The minimum atomic E-state index is -0.782. The van der Waals surface area contributed by atoms with Gasteiger partial charge < -0.3 is 10.6 Å². The number of nitrogens with zero attached hydrogens (tertiary/aromatic N) is 1. The lowest BCUT2D eigenvalue weighted by Gasteiger charge is -2.35. The monoisotopic (exact) mass is 289 g/mol. The summed E-state index contributed by atoms with van der Waals surface area (Å²) < 4.78 is 12.8. The number of carbonyl (C=O) groups is 1. The Bertz CT molecular complexity index is 527. The number of anilines is 1. The van der Waals surface area contributed by atoms with Gasteiger partial charge in [-0.1, -0.05) is 13.3 Å². The molecule has 1 fully saturated rings. The van der Waals surface area contributed by atoms with Crippen molar-refractivity contribution in [1.29, 1.82) is 5.26 Å². The highest BCUT2D eigenvalue weighted by atomic mass is 19.1. The van der Waals surface area contributed by atoms with Gasteiger partial charge in [0.25, 0.3) is 0 Å². The Morgan fingerprint density at radius 2 is 2.00 bits per heavy atom. The van der Waals surface area contributed by atoms with E-state index >= 15 is 0 Å². The topological polar surface area (TPSA) is 64.9 Å². The van der Waals surface area contributed by atoms with Crippen molar-refractivity contribution in [3.8, 4) is 6.07 Å². The van der Waals surface area contributed by atoms with E-state index in [0.717, 1.165) is 19.3 Å². The average molecular weight is 289 g/mol. The van der Waals surface area contributed by atoms with Crippen molar-refractivity contribution in [2.75, 3.05) is 5.32 Å². The van der Waals surface area contributed by atoms with Crippen LogP contribution in [0.2, 0.25) is 0 Å². The van der Waals surface area contributed by atoms with E-state index in [4.69, 9.17) is 0 Å². The molecule has 21 heavy (non-hydrogen) atoms. The summed E-state index contributed by atoms with van der Waals surface area (Å²) >= 11 is 0. The summed E-state index contributed by atoms with van der Waals surface area (Å²) in [6, 6.07) is 7.37. The summed E-state index contributed by atoms with van der Waals surface area (Å²) in [6.07, 6.45) is 4.39. The van der Waals surface area contributed by atoms with Crippen molar-refractivity contribution in [3.05, 3.63) is 30.1 Å². The molecule has 0 aromatic heterocycles. The van der Waals surface area contributed by atoms with Crippen LogP contribution in [0.15, 0.2) is 24.3 Å². The molecule has 2 rings (SSSR count). The molecule has 0 radical (unpaired) electrons. The van der Waals surface area contributed by atoms with E-state index in [1.54, 1.807) is 0 Å². The van der Waals surface area contributed by atoms with Crippen LogP contribution in [0, 0.1) is 23.1 Å². The third kappa shape index (κ3) is 3.94. The maximum atomic E-state index is 12.8. The summed E-state index contributed by atoms with van der Waals surface area (Å²) in [4.78, 5) is 12.0. The number of nitrogens with one attached hydrogen (secondary N) is 2. The van der Waals surface area contributed by atoms with Gasteiger partial charge in [0.15, 0.2) is 0 Å². The number of hydrogen-bond acceptors (Lipinski definition) is 2.